The lowest BCUT2D eigenvalue weighted by Gasteiger charge is -2.23. The fourth-order valence-electron chi connectivity index (χ4n) is 3.43. The quantitative estimate of drug-likeness (QED) is 0.0733. The average Bonchev–Trinajstić information content (AvgIpc) is 3.25. The molecular weight excluding hydrogens is 472 g/mol. The standard InChI is InChI=1S/C22H32N8O6/c23-14(8-12-9-27-15-5-2-1-4-13(12)15)19(34)30-17(11-31)21(36)29-16(6-3-7-26-22(24)25)20(35)28-10-18(32)33/h1-2,4-5,9,14,16-17,27,31H,3,6-8,10-11,23H2,(H,28,35)(H,29,36)(H,30,34)(H,32,33)(H4,24,25,26). The number of guanidine groups is 1. The van der Waals surface area contributed by atoms with Crippen molar-refractivity contribution in [2.45, 2.75) is 37.4 Å². The van der Waals surface area contributed by atoms with Crippen LogP contribution in [-0.2, 0) is 25.6 Å². The van der Waals surface area contributed by atoms with Gasteiger partial charge in [0.25, 0.3) is 0 Å². The third-order valence-corrected chi connectivity index (χ3v) is 5.26. The number of aliphatic imine (C=N–C) groups is 1. The fraction of sp³-hybridized carbons (Fsp3) is 0.409. The summed E-state index contributed by atoms with van der Waals surface area (Å²) in [7, 11) is 0. The van der Waals surface area contributed by atoms with Crippen molar-refractivity contribution < 1.29 is 29.4 Å². The van der Waals surface area contributed by atoms with E-state index < -0.39 is 55.0 Å². The van der Waals surface area contributed by atoms with E-state index in [0.717, 1.165) is 16.5 Å². The number of aliphatic hydroxyl groups excluding tert-OH is 1. The number of benzene rings is 1. The van der Waals surface area contributed by atoms with Gasteiger partial charge >= 0.3 is 5.97 Å². The van der Waals surface area contributed by atoms with Crippen LogP contribution in [0, 0.1) is 0 Å². The van der Waals surface area contributed by atoms with Gasteiger partial charge in [-0.1, -0.05) is 18.2 Å². The van der Waals surface area contributed by atoms with Gasteiger partial charge < -0.3 is 48.3 Å². The molecule has 12 N–H and O–H groups in total. The van der Waals surface area contributed by atoms with Gasteiger partial charge in [-0.05, 0) is 30.9 Å². The number of aromatic amines is 1. The van der Waals surface area contributed by atoms with E-state index in [0.29, 0.717) is 0 Å². The van der Waals surface area contributed by atoms with E-state index in [1.807, 2.05) is 24.3 Å². The molecule has 0 bridgehead atoms. The normalized spacial score (nSPS) is 13.3. The molecule has 3 amide bonds. The lowest BCUT2D eigenvalue weighted by molar-refractivity contribution is -0.138. The van der Waals surface area contributed by atoms with Crippen molar-refractivity contribution in [3.63, 3.8) is 0 Å². The van der Waals surface area contributed by atoms with Crippen molar-refractivity contribution in [3.8, 4) is 0 Å². The second kappa shape index (κ2) is 13.7. The first-order valence-electron chi connectivity index (χ1n) is 11.2. The van der Waals surface area contributed by atoms with Crippen molar-refractivity contribution in [1.29, 1.82) is 0 Å². The number of carboxylic acid groups (broad SMARTS) is 1. The van der Waals surface area contributed by atoms with E-state index >= 15 is 0 Å². The van der Waals surface area contributed by atoms with Crippen LogP contribution in [0.5, 0.6) is 0 Å². The van der Waals surface area contributed by atoms with Gasteiger partial charge in [0, 0.05) is 23.6 Å². The third kappa shape index (κ3) is 8.56. The summed E-state index contributed by atoms with van der Waals surface area (Å²) < 4.78 is 0. The van der Waals surface area contributed by atoms with Crippen LogP contribution in [0.15, 0.2) is 35.5 Å². The summed E-state index contributed by atoms with van der Waals surface area (Å²) in [4.78, 5) is 55.4. The first-order chi connectivity index (χ1) is 17.1. The molecule has 2 aromatic rings. The van der Waals surface area contributed by atoms with E-state index in [2.05, 4.69) is 25.9 Å². The number of nitrogens with one attached hydrogen (secondary N) is 4. The summed E-state index contributed by atoms with van der Waals surface area (Å²) in [6, 6.07) is 3.94. The minimum atomic E-state index is -1.39. The molecule has 14 heteroatoms. The number of carbonyl (C=O) groups is 4. The molecule has 3 atom stereocenters. The van der Waals surface area contributed by atoms with Crippen LogP contribution in [0.3, 0.4) is 0 Å². The molecule has 0 fully saturated rings. The maximum atomic E-state index is 12.7. The zero-order chi connectivity index (χ0) is 26.7. The number of nitrogens with zero attached hydrogens (tertiary/aromatic N) is 1. The highest BCUT2D eigenvalue weighted by Crippen LogP contribution is 2.18. The molecule has 196 valence electrons. The topological polar surface area (TPSA) is 251 Å². The number of fused-ring (bicyclic) bond motifs is 1. The number of aliphatic hydroxyl groups is 1. The van der Waals surface area contributed by atoms with Crippen molar-refractivity contribution in [2.75, 3.05) is 19.7 Å². The highest BCUT2D eigenvalue weighted by atomic mass is 16.4. The number of amides is 3. The Hall–Kier alpha value is -4.17. The van der Waals surface area contributed by atoms with Gasteiger partial charge in [0.05, 0.1) is 12.6 Å². The number of rotatable bonds is 14. The summed E-state index contributed by atoms with van der Waals surface area (Å²) in [5, 5.41) is 26.4. The smallest absolute Gasteiger partial charge is 0.322 e. The van der Waals surface area contributed by atoms with Gasteiger partial charge in [0.2, 0.25) is 17.7 Å². The largest absolute Gasteiger partial charge is 0.480 e. The molecule has 2 rings (SSSR count). The number of H-pyrrole nitrogens is 1. The van der Waals surface area contributed by atoms with Crippen molar-refractivity contribution in [1.82, 2.24) is 20.9 Å². The van der Waals surface area contributed by atoms with Crippen LogP contribution >= 0.6 is 0 Å². The molecule has 0 saturated heterocycles. The molecule has 0 saturated carbocycles. The molecule has 0 aliphatic heterocycles. The Morgan fingerprint density at radius 2 is 1.72 bits per heavy atom. The Morgan fingerprint density at radius 3 is 2.39 bits per heavy atom. The van der Waals surface area contributed by atoms with E-state index in [4.69, 9.17) is 22.3 Å². The van der Waals surface area contributed by atoms with E-state index in [-0.39, 0.29) is 31.8 Å². The Labute approximate surface area is 206 Å². The Kier molecular flexibility index (Phi) is 10.6. The highest BCUT2D eigenvalue weighted by Gasteiger charge is 2.28. The van der Waals surface area contributed by atoms with Gasteiger partial charge in [0.15, 0.2) is 5.96 Å². The van der Waals surface area contributed by atoms with Gasteiger partial charge in [0.1, 0.15) is 18.6 Å². The van der Waals surface area contributed by atoms with Crippen LogP contribution in [0.2, 0.25) is 0 Å². The van der Waals surface area contributed by atoms with Crippen molar-refractivity contribution >= 4 is 40.6 Å². The van der Waals surface area contributed by atoms with Gasteiger partial charge in [-0.2, -0.15) is 0 Å². The van der Waals surface area contributed by atoms with Crippen LogP contribution in [-0.4, -0.2) is 82.7 Å². The van der Waals surface area contributed by atoms with Crippen LogP contribution in [0.25, 0.3) is 10.9 Å². The zero-order valence-corrected chi connectivity index (χ0v) is 19.6. The molecule has 0 radical (unpaired) electrons. The Bertz CT molecular complexity index is 1100. The fourth-order valence-corrected chi connectivity index (χ4v) is 3.43. The number of carbonyl (C=O) groups excluding carboxylic acids is 3. The number of carboxylic acids is 1. The number of para-hydroxylation sites is 1. The van der Waals surface area contributed by atoms with Gasteiger partial charge in [-0.15, -0.1) is 0 Å². The number of hydrogen-bond acceptors (Lipinski definition) is 7. The molecular formula is C22H32N8O6. The van der Waals surface area contributed by atoms with Crippen molar-refractivity contribution in [2.24, 2.45) is 22.2 Å². The maximum Gasteiger partial charge on any atom is 0.322 e. The Balaban J connectivity index is 2.00. The van der Waals surface area contributed by atoms with E-state index in [9.17, 15) is 24.3 Å². The van der Waals surface area contributed by atoms with E-state index in [1.165, 1.54) is 0 Å². The molecule has 14 nitrogen and oxygen atoms in total. The number of nitrogens with two attached hydrogens (primary N) is 3. The molecule has 1 aromatic heterocycles. The zero-order valence-electron chi connectivity index (χ0n) is 19.6. The summed E-state index contributed by atoms with van der Waals surface area (Å²) in [5.41, 5.74) is 18.3. The molecule has 36 heavy (non-hydrogen) atoms. The van der Waals surface area contributed by atoms with Gasteiger partial charge in [-0.25, -0.2) is 0 Å². The number of aromatic nitrogens is 1. The first-order valence-corrected chi connectivity index (χ1v) is 11.2. The minimum absolute atomic E-state index is 0.0696. The summed E-state index contributed by atoms with van der Waals surface area (Å²) in [5.74, 6) is -3.68. The summed E-state index contributed by atoms with van der Waals surface area (Å²) in [6.45, 7) is -1.24. The molecule has 0 spiro atoms. The predicted octanol–water partition coefficient (Wildman–Crippen LogP) is -2.75. The molecule has 0 aliphatic carbocycles. The lowest BCUT2D eigenvalue weighted by atomic mass is 10.0. The van der Waals surface area contributed by atoms with Crippen LogP contribution in [0.4, 0.5) is 0 Å². The van der Waals surface area contributed by atoms with Crippen LogP contribution < -0.4 is 33.2 Å². The number of hydrogen-bond donors (Lipinski definition) is 9. The predicted molar refractivity (Wildman–Crippen MR) is 131 cm³/mol. The lowest BCUT2D eigenvalue weighted by Crippen LogP contribution is -2.57. The molecule has 1 aromatic carbocycles. The SMILES string of the molecule is NC(N)=NCCCC(NC(=O)C(CO)NC(=O)C(N)Cc1c[nH]c2ccccc12)C(=O)NCC(=O)O. The van der Waals surface area contributed by atoms with E-state index in [1.54, 1.807) is 6.20 Å². The third-order valence-electron chi connectivity index (χ3n) is 5.26. The summed E-state index contributed by atoms with van der Waals surface area (Å²) in [6.07, 6.45) is 2.28. The highest BCUT2D eigenvalue weighted by molar-refractivity contribution is 5.94. The summed E-state index contributed by atoms with van der Waals surface area (Å²) >= 11 is 0. The average molecular weight is 505 g/mol. The molecule has 0 aliphatic rings. The first kappa shape index (κ1) is 28.1. The maximum absolute atomic E-state index is 12.7. The second-order valence-corrected chi connectivity index (χ2v) is 8.04. The molecule has 1 heterocycles. The number of aliphatic carboxylic acids is 1. The van der Waals surface area contributed by atoms with Crippen LogP contribution in [0.1, 0.15) is 18.4 Å². The second-order valence-electron chi connectivity index (χ2n) is 8.04. The minimum Gasteiger partial charge on any atom is -0.480 e. The Morgan fingerprint density at radius 1 is 1.03 bits per heavy atom. The molecule has 3 unspecified atom stereocenters. The van der Waals surface area contributed by atoms with Crippen molar-refractivity contribution in [3.05, 3.63) is 36.0 Å². The van der Waals surface area contributed by atoms with Gasteiger partial charge in [-0.3, -0.25) is 24.2 Å². The monoisotopic (exact) mass is 504 g/mol.